The summed E-state index contributed by atoms with van der Waals surface area (Å²) in [4.78, 5) is 11.3. The van der Waals surface area contributed by atoms with Gasteiger partial charge in [-0.25, -0.2) is 4.98 Å². The Morgan fingerprint density at radius 2 is 2.04 bits per heavy atom. The van der Waals surface area contributed by atoms with E-state index in [1.807, 2.05) is 12.3 Å². The van der Waals surface area contributed by atoms with Crippen molar-refractivity contribution >= 4 is 11.8 Å². The van der Waals surface area contributed by atoms with E-state index in [2.05, 4.69) is 20.2 Å². The normalized spacial score (nSPS) is 26.8. The van der Waals surface area contributed by atoms with Crippen LogP contribution >= 0.6 is 0 Å². The molecule has 0 radical (unpaired) electrons. The third kappa shape index (κ3) is 3.41. The zero-order valence-electron chi connectivity index (χ0n) is 13.4. The van der Waals surface area contributed by atoms with Crippen molar-refractivity contribution in [3.8, 4) is 0 Å². The molecule has 0 bridgehead atoms. The topological polar surface area (TPSA) is 68.7 Å². The standard InChI is InChI=1S/C16H24N4O3/c1-2-13(21-9-1)12-18-14-3-6-17-15(19-14)20-7-4-16(5-8-20)22-10-11-23-16/h3,6,13H,1-2,4-5,7-12H2,(H,17,18,19). The molecule has 1 spiro atoms. The maximum atomic E-state index is 5.77. The minimum Gasteiger partial charge on any atom is -0.376 e. The summed E-state index contributed by atoms with van der Waals surface area (Å²) < 4.78 is 17.2. The number of ether oxygens (including phenoxy) is 3. The fourth-order valence-corrected chi connectivity index (χ4v) is 3.46. The Morgan fingerprint density at radius 3 is 2.78 bits per heavy atom. The number of anilines is 2. The summed E-state index contributed by atoms with van der Waals surface area (Å²) in [6.45, 7) is 4.81. The molecule has 1 aromatic heterocycles. The van der Waals surface area contributed by atoms with E-state index in [0.717, 1.165) is 63.7 Å². The van der Waals surface area contributed by atoms with Gasteiger partial charge >= 0.3 is 0 Å². The predicted molar refractivity (Wildman–Crippen MR) is 85.6 cm³/mol. The maximum absolute atomic E-state index is 5.77. The van der Waals surface area contributed by atoms with Gasteiger partial charge < -0.3 is 24.4 Å². The minimum absolute atomic E-state index is 0.305. The fourth-order valence-electron chi connectivity index (χ4n) is 3.46. The van der Waals surface area contributed by atoms with Crippen LogP contribution in [0.2, 0.25) is 0 Å². The smallest absolute Gasteiger partial charge is 0.227 e. The highest BCUT2D eigenvalue weighted by Gasteiger charge is 2.40. The van der Waals surface area contributed by atoms with Gasteiger partial charge in [-0.15, -0.1) is 0 Å². The number of hydrogen-bond donors (Lipinski definition) is 1. The molecule has 7 heteroatoms. The number of rotatable bonds is 4. The second kappa shape index (κ2) is 6.59. The molecule has 1 atom stereocenters. The lowest BCUT2D eigenvalue weighted by Crippen LogP contribution is -2.45. The molecule has 3 saturated heterocycles. The Bertz CT molecular complexity index is 520. The molecule has 126 valence electrons. The lowest BCUT2D eigenvalue weighted by molar-refractivity contribution is -0.169. The van der Waals surface area contributed by atoms with Gasteiger partial charge in [0.05, 0.1) is 19.3 Å². The first kappa shape index (κ1) is 15.1. The van der Waals surface area contributed by atoms with E-state index in [-0.39, 0.29) is 5.79 Å². The van der Waals surface area contributed by atoms with Crippen LogP contribution in [0.25, 0.3) is 0 Å². The Hall–Kier alpha value is -1.44. The van der Waals surface area contributed by atoms with Gasteiger partial charge in [0.2, 0.25) is 5.95 Å². The fraction of sp³-hybridized carbons (Fsp3) is 0.750. The molecule has 23 heavy (non-hydrogen) atoms. The van der Waals surface area contributed by atoms with Crippen LogP contribution in [0.4, 0.5) is 11.8 Å². The molecular weight excluding hydrogens is 296 g/mol. The summed E-state index contributed by atoms with van der Waals surface area (Å²) in [5.41, 5.74) is 0. The minimum atomic E-state index is -0.355. The Balaban J connectivity index is 1.34. The molecule has 1 aromatic rings. The third-order valence-corrected chi connectivity index (χ3v) is 4.80. The maximum Gasteiger partial charge on any atom is 0.227 e. The molecule has 4 rings (SSSR count). The lowest BCUT2D eigenvalue weighted by Gasteiger charge is -2.37. The molecule has 7 nitrogen and oxygen atoms in total. The van der Waals surface area contributed by atoms with Crippen molar-refractivity contribution in [2.75, 3.05) is 49.7 Å². The van der Waals surface area contributed by atoms with Crippen molar-refractivity contribution in [1.82, 2.24) is 9.97 Å². The highest BCUT2D eigenvalue weighted by molar-refractivity contribution is 5.41. The zero-order valence-corrected chi connectivity index (χ0v) is 13.4. The third-order valence-electron chi connectivity index (χ3n) is 4.80. The summed E-state index contributed by atoms with van der Waals surface area (Å²) >= 11 is 0. The van der Waals surface area contributed by atoms with Crippen LogP contribution in [0.1, 0.15) is 25.7 Å². The summed E-state index contributed by atoms with van der Waals surface area (Å²) in [5, 5.41) is 3.36. The van der Waals surface area contributed by atoms with Crippen LogP contribution in [-0.2, 0) is 14.2 Å². The van der Waals surface area contributed by atoms with Gasteiger partial charge in [-0.05, 0) is 18.9 Å². The SMILES string of the molecule is c1cc(NCC2CCCO2)nc(N2CCC3(CC2)OCCO3)n1. The van der Waals surface area contributed by atoms with Crippen molar-refractivity contribution in [2.45, 2.75) is 37.6 Å². The van der Waals surface area contributed by atoms with Crippen molar-refractivity contribution in [3.05, 3.63) is 12.3 Å². The van der Waals surface area contributed by atoms with Gasteiger partial charge in [-0.3, -0.25) is 0 Å². The molecule has 0 aromatic carbocycles. The highest BCUT2D eigenvalue weighted by atomic mass is 16.7. The van der Waals surface area contributed by atoms with Crippen LogP contribution in [0.15, 0.2) is 12.3 Å². The van der Waals surface area contributed by atoms with E-state index >= 15 is 0 Å². The lowest BCUT2D eigenvalue weighted by atomic mass is 10.0. The summed E-state index contributed by atoms with van der Waals surface area (Å²) in [6, 6.07) is 1.91. The van der Waals surface area contributed by atoms with E-state index in [1.165, 1.54) is 0 Å². The second-order valence-corrected chi connectivity index (χ2v) is 6.35. The van der Waals surface area contributed by atoms with E-state index in [0.29, 0.717) is 19.3 Å². The molecule has 1 unspecified atom stereocenters. The summed E-state index contributed by atoms with van der Waals surface area (Å²) in [6.07, 6.45) is 6.13. The van der Waals surface area contributed by atoms with Crippen LogP contribution in [0, 0.1) is 0 Å². The van der Waals surface area contributed by atoms with Crippen LogP contribution in [0.5, 0.6) is 0 Å². The number of nitrogens with zero attached hydrogens (tertiary/aromatic N) is 3. The van der Waals surface area contributed by atoms with E-state index in [9.17, 15) is 0 Å². The van der Waals surface area contributed by atoms with E-state index in [1.54, 1.807) is 0 Å². The van der Waals surface area contributed by atoms with E-state index in [4.69, 9.17) is 14.2 Å². The Morgan fingerprint density at radius 1 is 1.22 bits per heavy atom. The number of nitrogens with one attached hydrogen (secondary N) is 1. The largest absolute Gasteiger partial charge is 0.376 e. The van der Waals surface area contributed by atoms with Gasteiger partial charge in [0, 0.05) is 45.3 Å². The quantitative estimate of drug-likeness (QED) is 0.899. The Kier molecular flexibility index (Phi) is 4.33. The molecule has 0 aliphatic carbocycles. The molecule has 3 aliphatic rings. The number of hydrogen-bond acceptors (Lipinski definition) is 7. The van der Waals surface area contributed by atoms with Gasteiger partial charge in [-0.1, -0.05) is 0 Å². The number of aromatic nitrogens is 2. The molecule has 3 aliphatic heterocycles. The van der Waals surface area contributed by atoms with E-state index < -0.39 is 0 Å². The molecule has 3 fully saturated rings. The first-order chi connectivity index (χ1) is 11.3. The molecule has 4 heterocycles. The van der Waals surface area contributed by atoms with Crippen molar-refractivity contribution < 1.29 is 14.2 Å². The van der Waals surface area contributed by atoms with Gasteiger partial charge in [0.1, 0.15) is 5.82 Å². The van der Waals surface area contributed by atoms with Crippen LogP contribution in [0.3, 0.4) is 0 Å². The highest BCUT2D eigenvalue weighted by Crippen LogP contribution is 2.32. The van der Waals surface area contributed by atoms with Crippen LogP contribution < -0.4 is 10.2 Å². The van der Waals surface area contributed by atoms with Gasteiger partial charge in [0.25, 0.3) is 0 Å². The van der Waals surface area contributed by atoms with Crippen molar-refractivity contribution in [2.24, 2.45) is 0 Å². The monoisotopic (exact) mass is 320 g/mol. The van der Waals surface area contributed by atoms with Crippen LogP contribution in [-0.4, -0.2) is 61.3 Å². The zero-order chi connectivity index (χ0) is 15.5. The van der Waals surface area contributed by atoms with Gasteiger partial charge in [0.15, 0.2) is 5.79 Å². The summed E-state index contributed by atoms with van der Waals surface area (Å²) in [5.74, 6) is 1.28. The van der Waals surface area contributed by atoms with Crippen molar-refractivity contribution in [3.63, 3.8) is 0 Å². The Labute approximate surface area is 136 Å². The summed E-state index contributed by atoms with van der Waals surface area (Å²) in [7, 11) is 0. The molecule has 1 N–H and O–H groups in total. The van der Waals surface area contributed by atoms with Crippen molar-refractivity contribution in [1.29, 1.82) is 0 Å². The average molecular weight is 320 g/mol. The first-order valence-corrected chi connectivity index (χ1v) is 8.54. The molecule has 0 amide bonds. The second-order valence-electron chi connectivity index (χ2n) is 6.35. The van der Waals surface area contributed by atoms with Gasteiger partial charge in [-0.2, -0.15) is 4.98 Å². The molecular formula is C16H24N4O3. The average Bonchev–Trinajstić information content (AvgIpc) is 3.26. The molecule has 0 saturated carbocycles. The predicted octanol–water partition coefficient (Wildman–Crippen LogP) is 1.41. The number of piperidine rings is 1. The first-order valence-electron chi connectivity index (χ1n) is 8.54.